The summed E-state index contributed by atoms with van der Waals surface area (Å²) in [5.74, 6) is -0.309. The van der Waals surface area contributed by atoms with Gasteiger partial charge in [0.05, 0.1) is 6.61 Å². The first-order valence-electron chi connectivity index (χ1n) is 5.14. The van der Waals surface area contributed by atoms with E-state index in [0.717, 1.165) is 0 Å². The monoisotopic (exact) mass is 246 g/mol. The lowest BCUT2D eigenvalue weighted by molar-refractivity contribution is 0.193. The van der Waals surface area contributed by atoms with Crippen LogP contribution in [0.3, 0.4) is 0 Å². The van der Waals surface area contributed by atoms with Crippen LogP contribution in [-0.2, 0) is 6.54 Å². The van der Waals surface area contributed by atoms with Gasteiger partial charge in [-0.3, -0.25) is 4.90 Å². The molecular formula is C11H16ClFN2O. The van der Waals surface area contributed by atoms with E-state index >= 15 is 0 Å². The van der Waals surface area contributed by atoms with Crippen molar-refractivity contribution in [2.75, 3.05) is 26.2 Å². The first kappa shape index (κ1) is 13.4. The second-order valence-corrected chi connectivity index (χ2v) is 3.93. The molecule has 0 bridgehead atoms. The number of rotatable bonds is 6. The van der Waals surface area contributed by atoms with Crippen molar-refractivity contribution in [3.05, 3.63) is 34.6 Å². The Bertz CT molecular complexity index is 330. The van der Waals surface area contributed by atoms with Crippen molar-refractivity contribution in [2.45, 2.75) is 6.54 Å². The molecule has 0 fully saturated rings. The van der Waals surface area contributed by atoms with E-state index in [1.54, 1.807) is 0 Å². The summed E-state index contributed by atoms with van der Waals surface area (Å²) in [5, 5.41) is 9.40. The maximum Gasteiger partial charge on any atom is 0.123 e. The first-order valence-corrected chi connectivity index (χ1v) is 5.52. The molecule has 1 aromatic carbocycles. The van der Waals surface area contributed by atoms with Gasteiger partial charge in [0.15, 0.2) is 0 Å². The van der Waals surface area contributed by atoms with Crippen molar-refractivity contribution in [2.24, 2.45) is 5.73 Å². The van der Waals surface area contributed by atoms with Crippen molar-refractivity contribution in [3.8, 4) is 0 Å². The average Bonchev–Trinajstić information content (AvgIpc) is 2.24. The van der Waals surface area contributed by atoms with Crippen LogP contribution in [0.2, 0.25) is 5.02 Å². The number of hydrogen-bond donors (Lipinski definition) is 2. The van der Waals surface area contributed by atoms with Crippen LogP contribution in [-0.4, -0.2) is 36.2 Å². The van der Waals surface area contributed by atoms with Gasteiger partial charge in [-0.25, -0.2) is 4.39 Å². The number of nitrogens with zero attached hydrogens (tertiary/aromatic N) is 1. The standard InChI is InChI=1S/C11H16ClFN2O/c12-11-2-1-10(13)7-9(11)8-15(4-3-14)5-6-16/h1-2,7,16H,3-6,8,14H2. The van der Waals surface area contributed by atoms with E-state index in [4.69, 9.17) is 22.4 Å². The SMILES string of the molecule is NCCN(CCO)Cc1cc(F)ccc1Cl. The predicted octanol–water partition coefficient (Wildman–Crippen LogP) is 1.23. The number of nitrogens with two attached hydrogens (primary N) is 1. The van der Waals surface area contributed by atoms with E-state index in [9.17, 15) is 4.39 Å². The Balaban J connectivity index is 2.71. The van der Waals surface area contributed by atoms with Gasteiger partial charge in [0.2, 0.25) is 0 Å². The fraction of sp³-hybridized carbons (Fsp3) is 0.455. The maximum atomic E-state index is 13.0. The maximum absolute atomic E-state index is 13.0. The Labute approximate surface area is 99.6 Å². The highest BCUT2D eigenvalue weighted by Crippen LogP contribution is 2.18. The zero-order valence-corrected chi connectivity index (χ0v) is 9.75. The number of benzene rings is 1. The van der Waals surface area contributed by atoms with Crippen LogP contribution in [0.5, 0.6) is 0 Å². The van der Waals surface area contributed by atoms with Gasteiger partial charge < -0.3 is 10.8 Å². The van der Waals surface area contributed by atoms with Crippen molar-refractivity contribution < 1.29 is 9.50 Å². The molecule has 1 rings (SSSR count). The van der Waals surface area contributed by atoms with Crippen LogP contribution in [0, 0.1) is 5.82 Å². The minimum Gasteiger partial charge on any atom is -0.395 e. The van der Waals surface area contributed by atoms with E-state index in [0.29, 0.717) is 36.8 Å². The topological polar surface area (TPSA) is 49.5 Å². The number of aliphatic hydroxyl groups is 1. The zero-order valence-electron chi connectivity index (χ0n) is 9.00. The number of hydrogen-bond acceptors (Lipinski definition) is 3. The lowest BCUT2D eigenvalue weighted by Gasteiger charge is -2.21. The normalized spacial score (nSPS) is 11.1. The van der Waals surface area contributed by atoms with Gasteiger partial charge in [-0.1, -0.05) is 11.6 Å². The Kier molecular flexibility index (Phi) is 5.69. The third-order valence-corrected chi connectivity index (χ3v) is 2.63. The summed E-state index contributed by atoms with van der Waals surface area (Å²) in [6.07, 6.45) is 0. The Morgan fingerprint density at radius 1 is 1.38 bits per heavy atom. The largest absolute Gasteiger partial charge is 0.395 e. The first-order chi connectivity index (χ1) is 7.67. The summed E-state index contributed by atoms with van der Waals surface area (Å²) in [7, 11) is 0. The van der Waals surface area contributed by atoms with Gasteiger partial charge in [0, 0.05) is 31.2 Å². The van der Waals surface area contributed by atoms with Gasteiger partial charge in [-0.15, -0.1) is 0 Å². The second-order valence-electron chi connectivity index (χ2n) is 3.52. The van der Waals surface area contributed by atoms with Gasteiger partial charge >= 0.3 is 0 Å². The van der Waals surface area contributed by atoms with Crippen LogP contribution in [0.25, 0.3) is 0 Å². The summed E-state index contributed by atoms with van der Waals surface area (Å²) < 4.78 is 13.0. The Morgan fingerprint density at radius 2 is 2.12 bits per heavy atom. The van der Waals surface area contributed by atoms with E-state index < -0.39 is 0 Å². The second kappa shape index (κ2) is 6.81. The highest BCUT2D eigenvalue weighted by molar-refractivity contribution is 6.31. The molecule has 0 saturated heterocycles. The minimum atomic E-state index is -0.309. The molecule has 0 spiro atoms. The lowest BCUT2D eigenvalue weighted by Crippen LogP contribution is -2.31. The fourth-order valence-corrected chi connectivity index (χ4v) is 1.68. The van der Waals surface area contributed by atoms with Crippen molar-refractivity contribution >= 4 is 11.6 Å². The summed E-state index contributed by atoms with van der Waals surface area (Å²) in [6, 6.07) is 4.26. The van der Waals surface area contributed by atoms with Crippen LogP contribution in [0.1, 0.15) is 5.56 Å². The molecule has 3 N–H and O–H groups in total. The van der Waals surface area contributed by atoms with E-state index in [-0.39, 0.29) is 12.4 Å². The molecule has 1 aromatic rings. The molecule has 0 amide bonds. The predicted molar refractivity (Wildman–Crippen MR) is 62.8 cm³/mol. The number of halogens is 2. The molecule has 0 aliphatic heterocycles. The number of aliphatic hydroxyl groups excluding tert-OH is 1. The lowest BCUT2D eigenvalue weighted by atomic mass is 10.2. The van der Waals surface area contributed by atoms with E-state index in [1.807, 2.05) is 4.90 Å². The van der Waals surface area contributed by atoms with Gasteiger partial charge in [0.1, 0.15) is 5.82 Å². The molecular weight excluding hydrogens is 231 g/mol. The molecule has 0 radical (unpaired) electrons. The van der Waals surface area contributed by atoms with Crippen LogP contribution in [0.4, 0.5) is 4.39 Å². The summed E-state index contributed by atoms with van der Waals surface area (Å²) in [5.41, 5.74) is 6.16. The summed E-state index contributed by atoms with van der Waals surface area (Å²) >= 11 is 5.95. The highest BCUT2D eigenvalue weighted by atomic mass is 35.5. The molecule has 0 heterocycles. The van der Waals surface area contributed by atoms with Crippen molar-refractivity contribution in [3.63, 3.8) is 0 Å². The molecule has 0 aromatic heterocycles. The summed E-state index contributed by atoms with van der Waals surface area (Å²) in [4.78, 5) is 1.93. The third-order valence-electron chi connectivity index (χ3n) is 2.26. The molecule has 5 heteroatoms. The molecule has 0 aliphatic rings. The molecule has 0 saturated carbocycles. The van der Waals surface area contributed by atoms with E-state index in [2.05, 4.69) is 0 Å². The van der Waals surface area contributed by atoms with Crippen molar-refractivity contribution in [1.29, 1.82) is 0 Å². The summed E-state index contributed by atoms with van der Waals surface area (Å²) in [6.45, 7) is 2.19. The van der Waals surface area contributed by atoms with Crippen molar-refractivity contribution in [1.82, 2.24) is 4.90 Å². The smallest absolute Gasteiger partial charge is 0.123 e. The molecule has 0 unspecified atom stereocenters. The van der Waals surface area contributed by atoms with E-state index in [1.165, 1.54) is 18.2 Å². The quantitative estimate of drug-likeness (QED) is 0.794. The van der Waals surface area contributed by atoms with Gasteiger partial charge in [-0.2, -0.15) is 0 Å². The Morgan fingerprint density at radius 3 is 2.75 bits per heavy atom. The molecule has 0 atom stereocenters. The zero-order chi connectivity index (χ0) is 12.0. The van der Waals surface area contributed by atoms with Crippen LogP contribution in [0.15, 0.2) is 18.2 Å². The molecule has 0 aliphatic carbocycles. The molecule has 16 heavy (non-hydrogen) atoms. The fourth-order valence-electron chi connectivity index (χ4n) is 1.50. The Hall–Kier alpha value is -0.680. The molecule has 90 valence electrons. The van der Waals surface area contributed by atoms with Gasteiger partial charge in [0.25, 0.3) is 0 Å². The van der Waals surface area contributed by atoms with Crippen LogP contribution < -0.4 is 5.73 Å². The minimum absolute atomic E-state index is 0.0485. The third kappa shape index (κ3) is 4.06. The molecule has 3 nitrogen and oxygen atoms in total. The average molecular weight is 247 g/mol. The van der Waals surface area contributed by atoms with Crippen LogP contribution >= 0.6 is 11.6 Å². The van der Waals surface area contributed by atoms with Gasteiger partial charge in [-0.05, 0) is 23.8 Å². The highest BCUT2D eigenvalue weighted by Gasteiger charge is 2.08.